The Bertz CT molecular complexity index is 1170. The van der Waals surface area contributed by atoms with E-state index < -0.39 is 6.09 Å². The zero-order chi connectivity index (χ0) is 25.7. The van der Waals surface area contributed by atoms with Crippen LogP contribution in [-0.4, -0.2) is 63.0 Å². The minimum Gasteiger partial charge on any atom is -0.492 e. The molecule has 0 radical (unpaired) electrons. The highest BCUT2D eigenvalue weighted by atomic mass is 16.5. The Morgan fingerprint density at radius 2 is 1.83 bits per heavy atom. The number of hydrogen-bond acceptors (Lipinski definition) is 6. The monoisotopic (exact) mass is 492 g/mol. The third kappa shape index (κ3) is 6.85. The van der Waals surface area contributed by atoms with Crippen LogP contribution in [0.1, 0.15) is 46.5 Å². The largest absolute Gasteiger partial charge is 0.492 e. The summed E-state index contributed by atoms with van der Waals surface area (Å²) < 4.78 is 5.83. The number of aliphatic hydroxyl groups is 1. The van der Waals surface area contributed by atoms with E-state index in [0.29, 0.717) is 24.8 Å². The molecule has 1 aliphatic rings. The summed E-state index contributed by atoms with van der Waals surface area (Å²) >= 11 is 0. The predicted octanol–water partition coefficient (Wildman–Crippen LogP) is 5.42. The van der Waals surface area contributed by atoms with Crippen molar-refractivity contribution in [1.29, 1.82) is 0 Å². The van der Waals surface area contributed by atoms with E-state index in [-0.39, 0.29) is 24.2 Å². The van der Waals surface area contributed by atoms with Gasteiger partial charge in [-0.15, -0.1) is 0 Å². The minimum absolute atomic E-state index is 0.115. The van der Waals surface area contributed by atoms with Crippen LogP contribution < -0.4 is 10.1 Å². The van der Waals surface area contributed by atoms with Gasteiger partial charge in [-0.05, 0) is 48.8 Å². The molecule has 192 valence electrons. The molecule has 2 aromatic carbocycles. The number of fused-ring (bicyclic) bond motifs is 1. The lowest BCUT2D eigenvalue weighted by Gasteiger charge is -2.27. The molecule has 1 aliphatic carbocycles. The standard InChI is InChI=1S/C28H36N4O4/c1-28(2,3)18-32(27(34)35)15-16-36-23-13-7-19(8-14-23)24-6-4-5-20-17-29-26(31-25(20)24)30-21-9-11-22(33)12-10-21/h4-8,13-14,17,21-22,33H,9-12,15-16,18H2,1-3H3,(H,34,35)(H,29,30,31). The van der Waals surface area contributed by atoms with Gasteiger partial charge >= 0.3 is 6.09 Å². The number of ether oxygens (including phenoxy) is 1. The van der Waals surface area contributed by atoms with E-state index in [1.54, 1.807) is 0 Å². The maximum Gasteiger partial charge on any atom is 0.407 e. The van der Waals surface area contributed by atoms with Gasteiger partial charge in [0.15, 0.2) is 0 Å². The molecular formula is C28H36N4O4. The van der Waals surface area contributed by atoms with Crippen molar-refractivity contribution in [2.45, 2.75) is 58.6 Å². The number of rotatable bonds is 8. The van der Waals surface area contributed by atoms with Gasteiger partial charge in [0.25, 0.3) is 0 Å². The number of aromatic nitrogens is 2. The van der Waals surface area contributed by atoms with E-state index in [4.69, 9.17) is 9.72 Å². The highest BCUT2D eigenvalue weighted by molar-refractivity contribution is 5.93. The van der Waals surface area contributed by atoms with Crippen molar-refractivity contribution in [3.8, 4) is 16.9 Å². The quantitative estimate of drug-likeness (QED) is 0.385. The van der Waals surface area contributed by atoms with Crippen LogP contribution in [0, 0.1) is 5.41 Å². The van der Waals surface area contributed by atoms with Crippen molar-refractivity contribution < 1.29 is 19.7 Å². The van der Waals surface area contributed by atoms with Gasteiger partial charge in [0.1, 0.15) is 12.4 Å². The first kappa shape index (κ1) is 25.7. The fourth-order valence-corrected chi connectivity index (χ4v) is 4.58. The van der Waals surface area contributed by atoms with E-state index in [0.717, 1.165) is 47.7 Å². The van der Waals surface area contributed by atoms with Crippen LogP contribution in [0.25, 0.3) is 22.0 Å². The van der Waals surface area contributed by atoms with Crippen LogP contribution in [0.15, 0.2) is 48.7 Å². The SMILES string of the molecule is CC(C)(C)CN(CCOc1ccc(-c2cccc3cnc(NC4CCC(O)CC4)nc23)cc1)C(=O)O. The Morgan fingerprint density at radius 1 is 1.11 bits per heavy atom. The second kappa shape index (κ2) is 11.1. The smallest absolute Gasteiger partial charge is 0.407 e. The summed E-state index contributed by atoms with van der Waals surface area (Å²) in [4.78, 5) is 22.2. The summed E-state index contributed by atoms with van der Waals surface area (Å²) in [6.07, 6.45) is 4.13. The molecular weight excluding hydrogens is 456 g/mol. The van der Waals surface area contributed by atoms with E-state index in [1.165, 1.54) is 4.90 Å². The summed E-state index contributed by atoms with van der Waals surface area (Å²) in [6, 6.07) is 14.1. The van der Waals surface area contributed by atoms with Crippen molar-refractivity contribution in [3.63, 3.8) is 0 Å². The van der Waals surface area contributed by atoms with Crippen molar-refractivity contribution >= 4 is 22.9 Å². The predicted molar refractivity (Wildman–Crippen MR) is 141 cm³/mol. The number of para-hydroxylation sites is 1. The molecule has 1 amide bonds. The normalized spacial score (nSPS) is 18.1. The summed E-state index contributed by atoms with van der Waals surface area (Å²) in [6.45, 7) is 7.09. The molecule has 0 bridgehead atoms. The van der Waals surface area contributed by atoms with Crippen molar-refractivity contribution in [2.75, 3.05) is 25.0 Å². The molecule has 0 atom stereocenters. The topological polar surface area (TPSA) is 108 Å². The average Bonchev–Trinajstić information content (AvgIpc) is 2.84. The van der Waals surface area contributed by atoms with Crippen molar-refractivity contribution in [3.05, 3.63) is 48.7 Å². The first-order chi connectivity index (χ1) is 17.2. The van der Waals surface area contributed by atoms with Crippen LogP contribution in [0.2, 0.25) is 0 Å². The molecule has 0 unspecified atom stereocenters. The van der Waals surface area contributed by atoms with E-state index in [2.05, 4.69) is 10.3 Å². The zero-order valence-electron chi connectivity index (χ0n) is 21.3. The Kier molecular flexibility index (Phi) is 7.94. The number of anilines is 1. The fraction of sp³-hybridized carbons (Fsp3) is 0.464. The number of nitrogens with zero attached hydrogens (tertiary/aromatic N) is 3. The second-order valence-electron chi connectivity index (χ2n) is 10.7. The maximum absolute atomic E-state index is 11.5. The Balaban J connectivity index is 1.43. The lowest BCUT2D eigenvalue weighted by atomic mass is 9.93. The van der Waals surface area contributed by atoms with Gasteiger partial charge in [-0.25, -0.2) is 14.8 Å². The molecule has 36 heavy (non-hydrogen) atoms. The molecule has 1 heterocycles. The fourth-order valence-electron chi connectivity index (χ4n) is 4.58. The summed E-state index contributed by atoms with van der Waals surface area (Å²) in [5, 5.41) is 23.6. The van der Waals surface area contributed by atoms with Gasteiger partial charge in [-0.2, -0.15) is 0 Å². The molecule has 1 saturated carbocycles. The molecule has 3 aromatic rings. The molecule has 1 fully saturated rings. The number of hydrogen-bond donors (Lipinski definition) is 3. The number of benzene rings is 2. The minimum atomic E-state index is -0.934. The van der Waals surface area contributed by atoms with Gasteiger partial charge in [0, 0.05) is 29.7 Å². The average molecular weight is 493 g/mol. The summed E-state index contributed by atoms with van der Waals surface area (Å²) in [5.41, 5.74) is 2.78. The molecule has 0 spiro atoms. The second-order valence-corrected chi connectivity index (χ2v) is 10.7. The summed E-state index contributed by atoms with van der Waals surface area (Å²) in [7, 11) is 0. The molecule has 0 saturated heterocycles. The van der Waals surface area contributed by atoms with Gasteiger partial charge < -0.3 is 25.2 Å². The lowest BCUT2D eigenvalue weighted by Crippen LogP contribution is -2.39. The highest BCUT2D eigenvalue weighted by Gasteiger charge is 2.21. The molecule has 3 N–H and O–H groups in total. The van der Waals surface area contributed by atoms with Crippen LogP contribution >= 0.6 is 0 Å². The lowest BCUT2D eigenvalue weighted by molar-refractivity contribution is 0.116. The molecule has 1 aromatic heterocycles. The highest BCUT2D eigenvalue weighted by Crippen LogP contribution is 2.30. The Morgan fingerprint density at radius 3 is 2.50 bits per heavy atom. The van der Waals surface area contributed by atoms with Gasteiger partial charge in [0.05, 0.1) is 18.2 Å². The molecule has 0 aliphatic heterocycles. The van der Waals surface area contributed by atoms with E-state index in [1.807, 2.05) is 69.4 Å². The zero-order valence-corrected chi connectivity index (χ0v) is 21.3. The maximum atomic E-state index is 11.5. The number of nitrogens with one attached hydrogen (secondary N) is 1. The first-order valence-corrected chi connectivity index (χ1v) is 12.6. The third-order valence-corrected chi connectivity index (χ3v) is 6.37. The van der Waals surface area contributed by atoms with Crippen LogP contribution in [0.3, 0.4) is 0 Å². The number of amides is 1. The Labute approximate surface area is 212 Å². The molecule has 8 heteroatoms. The number of carboxylic acid groups (broad SMARTS) is 1. The third-order valence-electron chi connectivity index (χ3n) is 6.37. The van der Waals surface area contributed by atoms with Gasteiger partial charge in [0.2, 0.25) is 5.95 Å². The van der Waals surface area contributed by atoms with E-state index in [9.17, 15) is 15.0 Å². The molecule has 8 nitrogen and oxygen atoms in total. The van der Waals surface area contributed by atoms with Crippen molar-refractivity contribution in [2.24, 2.45) is 5.41 Å². The summed E-state index contributed by atoms with van der Waals surface area (Å²) in [5.74, 6) is 1.30. The van der Waals surface area contributed by atoms with Gasteiger partial charge in [-0.3, -0.25) is 0 Å². The van der Waals surface area contributed by atoms with Crippen LogP contribution in [0.4, 0.5) is 10.7 Å². The van der Waals surface area contributed by atoms with Crippen molar-refractivity contribution in [1.82, 2.24) is 14.9 Å². The molecule has 4 rings (SSSR count). The van der Waals surface area contributed by atoms with Crippen LogP contribution in [0.5, 0.6) is 5.75 Å². The number of aliphatic hydroxyl groups excluding tert-OH is 1. The first-order valence-electron chi connectivity index (χ1n) is 12.6. The van der Waals surface area contributed by atoms with E-state index >= 15 is 0 Å². The van der Waals surface area contributed by atoms with Gasteiger partial charge in [-0.1, -0.05) is 51.1 Å². The number of carbonyl (C=O) groups is 1. The Hall–Kier alpha value is -3.39. The van der Waals surface area contributed by atoms with Crippen LogP contribution in [-0.2, 0) is 0 Å².